The Labute approximate surface area is 152 Å². The van der Waals surface area contributed by atoms with E-state index >= 15 is 0 Å². The van der Waals surface area contributed by atoms with Crippen molar-refractivity contribution in [3.8, 4) is 0 Å². The Morgan fingerprint density at radius 1 is 1.16 bits per heavy atom. The van der Waals surface area contributed by atoms with Crippen LogP contribution in [0.25, 0.3) is 0 Å². The van der Waals surface area contributed by atoms with Gasteiger partial charge in [0.05, 0.1) is 5.41 Å². The van der Waals surface area contributed by atoms with Crippen molar-refractivity contribution < 1.29 is 9.59 Å². The molecule has 1 aliphatic carbocycles. The molecule has 0 bridgehead atoms. The normalized spacial score (nSPS) is 28.2. The van der Waals surface area contributed by atoms with Crippen LogP contribution >= 0.6 is 0 Å². The monoisotopic (exact) mass is 349 g/mol. The molecular formula is C20H35N3O2. The van der Waals surface area contributed by atoms with E-state index in [-0.39, 0.29) is 17.5 Å². The summed E-state index contributed by atoms with van der Waals surface area (Å²) in [5, 5.41) is 2.96. The van der Waals surface area contributed by atoms with Crippen LogP contribution in [0, 0.1) is 11.3 Å². The highest BCUT2D eigenvalue weighted by atomic mass is 16.2. The highest BCUT2D eigenvalue weighted by Crippen LogP contribution is 2.40. The average molecular weight is 350 g/mol. The molecule has 1 spiro atoms. The largest absolute Gasteiger partial charge is 0.342 e. The number of amides is 3. The van der Waals surface area contributed by atoms with Gasteiger partial charge in [-0.3, -0.25) is 4.79 Å². The molecule has 1 saturated carbocycles. The standard InChI is InChI=1S/C20H35N3O2/c1-16(2)21-19(25)23-14-11-20(15-23)10-6-12-22(18(20)24)13-9-17-7-4-3-5-8-17/h16-17H,3-15H2,1-2H3,(H,21,25)/t20-/m0/s1. The minimum Gasteiger partial charge on any atom is -0.342 e. The molecule has 3 fully saturated rings. The van der Waals surface area contributed by atoms with E-state index in [1.54, 1.807) is 0 Å². The average Bonchev–Trinajstić information content (AvgIpc) is 3.02. The minimum atomic E-state index is -0.306. The lowest BCUT2D eigenvalue weighted by molar-refractivity contribution is -0.145. The predicted octanol–water partition coefficient (Wildman–Crippen LogP) is 3.39. The van der Waals surface area contributed by atoms with Gasteiger partial charge in [-0.05, 0) is 45.4 Å². The van der Waals surface area contributed by atoms with Crippen molar-refractivity contribution >= 4 is 11.9 Å². The van der Waals surface area contributed by atoms with E-state index in [1.807, 2.05) is 18.7 Å². The Kier molecular flexibility index (Phi) is 5.90. The number of urea groups is 1. The van der Waals surface area contributed by atoms with E-state index < -0.39 is 0 Å². The summed E-state index contributed by atoms with van der Waals surface area (Å²) in [5.74, 6) is 1.13. The summed E-state index contributed by atoms with van der Waals surface area (Å²) in [6.07, 6.45) is 10.8. The maximum Gasteiger partial charge on any atom is 0.317 e. The van der Waals surface area contributed by atoms with E-state index in [0.29, 0.717) is 19.0 Å². The number of carbonyl (C=O) groups excluding carboxylic acids is 2. The lowest BCUT2D eigenvalue weighted by Crippen LogP contribution is -2.51. The van der Waals surface area contributed by atoms with E-state index in [1.165, 1.54) is 38.5 Å². The number of hydrogen-bond donors (Lipinski definition) is 1. The molecule has 1 atom stereocenters. The van der Waals surface area contributed by atoms with Crippen LogP contribution in [0.2, 0.25) is 0 Å². The summed E-state index contributed by atoms with van der Waals surface area (Å²) in [7, 11) is 0. The number of nitrogens with zero attached hydrogens (tertiary/aromatic N) is 2. The van der Waals surface area contributed by atoms with Gasteiger partial charge >= 0.3 is 6.03 Å². The first-order chi connectivity index (χ1) is 12.0. The van der Waals surface area contributed by atoms with Crippen molar-refractivity contribution in [1.29, 1.82) is 0 Å². The van der Waals surface area contributed by atoms with Crippen LogP contribution < -0.4 is 5.32 Å². The summed E-state index contributed by atoms with van der Waals surface area (Å²) < 4.78 is 0. The number of hydrogen-bond acceptors (Lipinski definition) is 2. The van der Waals surface area contributed by atoms with Gasteiger partial charge in [0.25, 0.3) is 0 Å². The number of likely N-dealkylation sites (tertiary alicyclic amines) is 2. The molecule has 0 aromatic carbocycles. The smallest absolute Gasteiger partial charge is 0.317 e. The minimum absolute atomic E-state index is 0.0148. The van der Waals surface area contributed by atoms with Gasteiger partial charge in [-0.15, -0.1) is 0 Å². The Hall–Kier alpha value is -1.26. The van der Waals surface area contributed by atoms with Crippen LogP contribution in [-0.4, -0.2) is 54.0 Å². The van der Waals surface area contributed by atoms with E-state index in [2.05, 4.69) is 10.2 Å². The fourth-order valence-electron chi connectivity index (χ4n) is 4.94. The highest BCUT2D eigenvalue weighted by Gasteiger charge is 2.49. The maximum absolute atomic E-state index is 13.2. The van der Waals surface area contributed by atoms with Gasteiger partial charge in [-0.25, -0.2) is 4.79 Å². The van der Waals surface area contributed by atoms with Crippen molar-refractivity contribution in [2.24, 2.45) is 11.3 Å². The Morgan fingerprint density at radius 3 is 2.64 bits per heavy atom. The molecule has 3 rings (SSSR count). The van der Waals surface area contributed by atoms with Gasteiger partial charge in [-0.1, -0.05) is 32.1 Å². The van der Waals surface area contributed by atoms with Crippen LogP contribution in [0.15, 0.2) is 0 Å². The van der Waals surface area contributed by atoms with Crippen LogP contribution in [0.4, 0.5) is 4.79 Å². The molecule has 2 saturated heterocycles. The van der Waals surface area contributed by atoms with E-state index in [9.17, 15) is 9.59 Å². The first-order valence-corrected chi connectivity index (χ1v) is 10.3. The maximum atomic E-state index is 13.2. The SMILES string of the molecule is CC(C)NC(=O)N1CC[C@@]2(CCCN(CCC3CCCCC3)C2=O)C1. The molecule has 3 aliphatic rings. The van der Waals surface area contributed by atoms with Gasteiger partial charge in [0.2, 0.25) is 5.91 Å². The molecule has 2 aliphatic heterocycles. The second-order valence-electron chi connectivity index (χ2n) is 8.74. The molecule has 0 aromatic heterocycles. The molecule has 2 heterocycles. The quantitative estimate of drug-likeness (QED) is 0.846. The molecule has 0 unspecified atom stereocenters. The van der Waals surface area contributed by atoms with Gasteiger partial charge in [-0.2, -0.15) is 0 Å². The van der Waals surface area contributed by atoms with Crippen LogP contribution in [-0.2, 0) is 4.79 Å². The summed E-state index contributed by atoms with van der Waals surface area (Å²) in [6, 6.07) is 0.122. The fourth-order valence-corrected chi connectivity index (χ4v) is 4.94. The van der Waals surface area contributed by atoms with E-state index in [0.717, 1.165) is 38.3 Å². The summed E-state index contributed by atoms with van der Waals surface area (Å²) in [4.78, 5) is 29.4. The third kappa shape index (κ3) is 4.29. The summed E-state index contributed by atoms with van der Waals surface area (Å²) in [5.41, 5.74) is -0.306. The molecule has 0 aromatic rings. The lowest BCUT2D eigenvalue weighted by Gasteiger charge is -2.40. The van der Waals surface area contributed by atoms with Crippen molar-refractivity contribution in [3.05, 3.63) is 0 Å². The summed E-state index contributed by atoms with van der Waals surface area (Å²) in [6.45, 7) is 7.09. The van der Waals surface area contributed by atoms with Crippen LogP contribution in [0.3, 0.4) is 0 Å². The van der Waals surface area contributed by atoms with Gasteiger partial charge in [0, 0.05) is 32.2 Å². The topological polar surface area (TPSA) is 52.7 Å². The Balaban J connectivity index is 1.55. The van der Waals surface area contributed by atoms with Gasteiger partial charge in [0.1, 0.15) is 0 Å². The van der Waals surface area contributed by atoms with E-state index in [4.69, 9.17) is 0 Å². The van der Waals surface area contributed by atoms with Gasteiger partial charge < -0.3 is 15.1 Å². The molecule has 142 valence electrons. The molecule has 1 N–H and O–H groups in total. The third-order valence-corrected chi connectivity index (χ3v) is 6.41. The fraction of sp³-hybridized carbons (Fsp3) is 0.900. The number of carbonyl (C=O) groups is 2. The van der Waals surface area contributed by atoms with Crippen LogP contribution in [0.5, 0.6) is 0 Å². The Morgan fingerprint density at radius 2 is 1.92 bits per heavy atom. The molecule has 5 nitrogen and oxygen atoms in total. The lowest BCUT2D eigenvalue weighted by atomic mass is 9.78. The van der Waals surface area contributed by atoms with Gasteiger partial charge in [0.15, 0.2) is 0 Å². The first-order valence-electron chi connectivity index (χ1n) is 10.3. The molecule has 5 heteroatoms. The summed E-state index contributed by atoms with van der Waals surface area (Å²) >= 11 is 0. The zero-order chi connectivity index (χ0) is 17.9. The zero-order valence-corrected chi connectivity index (χ0v) is 16.1. The second-order valence-corrected chi connectivity index (χ2v) is 8.74. The predicted molar refractivity (Wildman–Crippen MR) is 99.3 cm³/mol. The number of piperidine rings is 1. The molecular weight excluding hydrogens is 314 g/mol. The molecule has 25 heavy (non-hydrogen) atoms. The van der Waals surface area contributed by atoms with Crippen molar-refractivity contribution in [2.75, 3.05) is 26.2 Å². The van der Waals surface area contributed by atoms with Crippen molar-refractivity contribution in [2.45, 2.75) is 77.7 Å². The molecule has 0 radical (unpaired) electrons. The van der Waals surface area contributed by atoms with Crippen molar-refractivity contribution in [3.63, 3.8) is 0 Å². The number of rotatable bonds is 4. The Bertz CT molecular complexity index is 487. The third-order valence-electron chi connectivity index (χ3n) is 6.41. The second kappa shape index (κ2) is 7.96. The first kappa shape index (κ1) is 18.5. The highest BCUT2D eigenvalue weighted by molar-refractivity contribution is 5.85. The molecule has 3 amide bonds. The number of nitrogens with one attached hydrogen (secondary N) is 1. The van der Waals surface area contributed by atoms with Crippen molar-refractivity contribution in [1.82, 2.24) is 15.1 Å². The zero-order valence-electron chi connectivity index (χ0n) is 16.1. The van der Waals surface area contributed by atoms with Crippen LogP contribution in [0.1, 0.15) is 71.6 Å².